The molecule has 0 saturated carbocycles. The quantitative estimate of drug-likeness (QED) is 0.720. The fourth-order valence-corrected chi connectivity index (χ4v) is 2.04. The summed E-state index contributed by atoms with van der Waals surface area (Å²) in [4.78, 5) is 4.70. The van der Waals surface area contributed by atoms with Gasteiger partial charge in [-0.2, -0.15) is 0 Å². The summed E-state index contributed by atoms with van der Waals surface area (Å²) in [5.41, 5.74) is 2.53. The van der Waals surface area contributed by atoms with Crippen molar-refractivity contribution < 1.29 is 0 Å². The Hall–Kier alpha value is -1.09. The first kappa shape index (κ1) is 17.0. The van der Waals surface area contributed by atoms with Gasteiger partial charge in [0.1, 0.15) is 5.82 Å². The van der Waals surface area contributed by atoms with Crippen molar-refractivity contribution in [3.63, 3.8) is 0 Å². The van der Waals surface area contributed by atoms with Crippen molar-refractivity contribution in [1.29, 1.82) is 0 Å². The van der Waals surface area contributed by atoms with Crippen LogP contribution in [0.15, 0.2) is 12.1 Å². The largest absolute Gasteiger partial charge is 0.370 e. The van der Waals surface area contributed by atoms with Gasteiger partial charge in [0, 0.05) is 18.8 Å². The number of rotatable bonds is 9. The maximum Gasteiger partial charge on any atom is 0.126 e. The fourth-order valence-electron chi connectivity index (χ4n) is 2.04. The summed E-state index contributed by atoms with van der Waals surface area (Å²) in [6.07, 6.45) is 2.19. The molecular formula is C17H31N3. The number of aryl methyl sites for hydroxylation is 1. The van der Waals surface area contributed by atoms with Gasteiger partial charge in [0.25, 0.3) is 0 Å². The Bertz CT molecular complexity index is 386. The first-order valence-corrected chi connectivity index (χ1v) is 7.95. The predicted molar refractivity (Wildman–Crippen MR) is 88.1 cm³/mol. The molecule has 1 rings (SSSR count). The van der Waals surface area contributed by atoms with Crippen LogP contribution in [0.4, 0.5) is 5.82 Å². The van der Waals surface area contributed by atoms with Gasteiger partial charge in [-0.1, -0.05) is 41.0 Å². The van der Waals surface area contributed by atoms with E-state index in [9.17, 15) is 0 Å². The molecule has 2 N–H and O–H groups in total. The standard InChI is InChI=1S/C17H31N3/c1-6-7-16-8-15(12-18-10-13(2)3)9-17(20-16)19-11-14(4)5/h8-9,13-14,18H,6-7,10-12H2,1-5H3,(H,19,20). The number of nitrogens with one attached hydrogen (secondary N) is 2. The van der Waals surface area contributed by atoms with Crippen LogP contribution < -0.4 is 10.6 Å². The lowest BCUT2D eigenvalue weighted by atomic mass is 10.1. The molecule has 0 saturated heterocycles. The fraction of sp³-hybridized carbons (Fsp3) is 0.706. The van der Waals surface area contributed by atoms with E-state index in [1.807, 2.05) is 0 Å². The minimum atomic E-state index is 0.633. The number of hydrogen-bond acceptors (Lipinski definition) is 3. The summed E-state index contributed by atoms with van der Waals surface area (Å²) in [5.74, 6) is 2.34. The van der Waals surface area contributed by atoms with E-state index >= 15 is 0 Å². The number of pyridine rings is 1. The Kier molecular flexibility index (Phi) is 7.60. The number of anilines is 1. The van der Waals surface area contributed by atoms with E-state index in [-0.39, 0.29) is 0 Å². The van der Waals surface area contributed by atoms with Crippen LogP contribution in [0.5, 0.6) is 0 Å². The van der Waals surface area contributed by atoms with Crippen LogP contribution in [0.1, 0.15) is 52.3 Å². The first-order valence-electron chi connectivity index (χ1n) is 7.95. The van der Waals surface area contributed by atoms with Gasteiger partial charge in [0.2, 0.25) is 0 Å². The van der Waals surface area contributed by atoms with E-state index in [4.69, 9.17) is 4.98 Å². The zero-order valence-electron chi connectivity index (χ0n) is 13.8. The maximum atomic E-state index is 4.70. The van der Waals surface area contributed by atoms with Crippen molar-refractivity contribution in [3.8, 4) is 0 Å². The third kappa shape index (κ3) is 6.90. The van der Waals surface area contributed by atoms with Crippen LogP contribution in [0, 0.1) is 11.8 Å². The van der Waals surface area contributed by atoms with Gasteiger partial charge in [-0.3, -0.25) is 0 Å². The average molecular weight is 277 g/mol. The molecule has 114 valence electrons. The summed E-state index contributed by atoms with van der Waals surface area (Å²) < 4.78 is 0. The molecule has 1 aromatic heterocycles. The summed E-state index contributed by atoms with van der Waals surface area (Å²) in [6.45, 7) is 14.1. The van der Waals surface area contributed by atoms with Crippen LogP contribution in [-0.4, -0.2) is 18.1 Å². The highest BCUT2D eigenvalue weighted by atomic mass is 15.0. The van der Waals surface area contributed by atoms with E-state index in [1.54, 1.807) is 0 Å². The van der Waals surface area contributed by atoms with E-state index in [1.165, 1.54) is 11.3 Å². The van der Waals surface area contributed by atoms with Crippen LogP contribution in [0.3, 0.4) is 0 Å². The Labute approximate surface area is 124 Å². The number of hydrogen-bond donors (Lipinski definition) is 2. The zero-order chi connectivity index (χ0) is 15.0. The van der Waals surface area contributed by atoms with Gasteiger partial charge >= 0.3 is 0 Å². The molecule has 0 radical (unpaired) electrons. The van der Waals surface area contributed by atoms with Gasteiger partial charge < -0.3 is 10.6 Å². The molecule has 3 nitrogen and oxygen atoms in total. The summed E-state index contributed by atoms with van der Waals surface area (Å²) in [5, 5.41) is 6.95. The lowest BCUT2D eigenvalue weighted by Gasteiger charge is -2.13. The molecule has 0 spiro atoms. The topological polar surface area (TPSA) is 37.0 Å². The molecule has 3 heteroatoms. The second-order valence-corrected chi connectivity index (χ2v) is 6.40. The van der Waals surface area contributed by atoms with E-state index in [2.05, 4.69) is 57.4 Å². The molecule has 0 aliphatic heterocycles. The second-order valence-electron chi connectivity index (χ2n) is 6.40. The Morgan fingerprint density at radius 1 is 1.05 bits per heavy atom. The van der Waals surface area contributed by atoms with Gasteiger partial charge in [-0.05, 0) is 42.5 Å². The lowest BCUT2D eigenvalue weighted by Crippen LogP contribution is -2.19. The van der Waals surface area contributed by atoms with Crippen LogP contribution in [-0.2, 0) is 13.0 Å². The molecular weight excluding hydrogens is 246 g/mol. The predicted octanol–water partition coefficient (Wildman–Crippen LogP) is 3.85. The van der Waals surface area contributed by atoms with E-state index in [0.29, 0.717) is 11.8 Å². The molecule has 0 fully saturated rings. The van der Waals surface area contributed by atoms with Gasteiger partial charge in [-0.15, -0.1) is 0 Å². The molecule has 0 aromatic carbocycles. The lowest BCUT2D eigenvalue weighted by molar-refractivity contribution is 0.552. The van der Waals surface area contributed by atoms with Crippen LogP contribution >= 0.6 is 0 Å². The molecule has 0 atom stereocenters. The molecule has 0 aliphatic carbocycles. The van der Waals surface area contributed by atoms with Crippen molar-refractivity contribution in [2.75, 3.05) is 18.4 Å². The van der Waals surface area contributed by atoms with Gasteiger partial charge in [0.15, 0.2) is 0 Å². The zero-order valence-corrected chi connectivity index (χ0v) is 13.8. The highest BCUT2D eigenvalue weighted by molar-refractivity contribution is 5.40. The Morgan fingerprint density at radius 3 is 2.35 bits per heavy atom. The highest BCUT2D eigenvalue weighted by Crippen LogP contribution is 2.13. The summed E-state index contributed by atoms with van der Waals surface area (Å²) >= 11 is 0. The third-order valence-electron chi connectivity index (χ3n) is 3.02. The summed E-state index contributed by atoms with van der Waals surface area (Å²) in [7, 11) is 0. The van der Waals surface area contributed by atoms with Crippen LogP contribution in [0.2, 0.25) is 0 Å². The van der Waals surface area contributed by atoms with Crippen molar-refractivity contribution in [2.24, 2.45) is 11.8 Å². The Morgan fingerprint density at radius 2 is 1.75 bits per heavy atom. The monoisotopic (exact) mass is 277 g/mol. The van der Waals surface area contributed by atoms with Gasteiger partial charge in [0.05, 0.1) is 0 Å². The molecule has 1 aromatic rings. The molecule has 0 bridgehead atoms. The third-order valence-corrected chi connectivity index (χ3v) is 3.02. The molecule has 0 amide bonds. The van der Waals surface area contributed by atoms with Crippen molar-refractivity contribution >= 4 is 5.82 Å². The highest BCUT2D eigenvalue weighted by Gasteiger charge is 2.04. The maximum absolute atomic E-state index is 4.70. The smallest absolute Gasteiger partial charge is 0.126 e. The SMILES string of the molecule is CCCc1cc(CNCC(C)C)cc(NCC(C)C)n1. The minimum absolute atomic E-state index is 0.633. The normalized spacial score (nSPS) is 11.3. The molecule has 20 heavy (non-hydrogen) atoms. The number of aromatic nitrogens is 1. The molecule has 0 unspecified atom stereocenters. The summed E-state index contributed by atoms with van der Waals surface area (Å²) in [6, 6.07) is 4.41. The van der Waals surface area contributed by atoms with Crippen molar-refractivity contribution in [3.05, 3.63) is 23.4 Å². The van der Waals surface area contributed by atoms with Crippen molar-refractivity contribution in [2.45, 2.75) is 54.0 Å². The Balaban J connectivity index is 2.70. The van der Waals surface area contributed by atoms with E-state index in [0.717, 1.165) is 38.3 Å². The van der Waals surface area contributed by atoms with Crippen molar-refractivity contribution in [1.82, 2.24) is 10.3 Å². The second kappa shape index (κ2) is 8.96. The van der Waals surface area contributed by atoms with Crippen LogP contribution in [0.25, 0.3) is 0 Å². The number of nitrogens with zero attached hydrogens (tertiary/aromatic N) is 1. The average Bonchev–Trinajstić information content (AvgIpc) is 2.36. The first-order chi connectivity index (χ1) is 9.51. The van der Waals surface area contributed by atoms with E-state index < -0.39 is 0 Å². The minimum Gasteiger partial charge on any atom is -0.370 e. The van der Waals surface area contributed by atoms with Gasteiger partial charge in [-0.25, -0.2) is 4.98 Å². The molecule has 1 heterocycles. The molecule has 0 aliphatic rings.